The average molecular weight is 360 g/mol. The van der Waals surface area contributed by atoms with Gasteiger partial charge in [0.15, 0.2) is 0 Å². The first-order valence-corrected chi connectivity index (χ1v) is 9.97. The molecule has 0 radical (unpaired) electrons. The Labute approximate surface area is 157 Å². The van der Waals surface area contributed by atoms with Crippen LogP contribution in [-0.4, -0.2) is 49.7 Å². The van der Waals surface area contributed by atoms with E-state index in [2.05, 4.69) is 53.6 Å². The SMILES string of the molecule is CC1CC(C)CN(Cc2ccccc2CNC(=O)CC2COCCN2)C1. The maximum absolute atomic E-state index is 12.3. The first-order chi connectivity index (χ1) is 12.6. The zero-order valence-electron chi connectivity index (χ0n) is 16.2. The smallest absolute Gasteiger partial charge is 0.221 e. The van der Waals surface area contributed by atoms with Crippen molar-refractivity contribution in [3.05, 3.63) is 35.4 Å². The Kier molecular flexibility index (Phi) is 7.06. The predicted octanol–water partition coefficient (Wildman–Crippen LogP) is 2.16. The second kappa shape index (κ2) is 9.49. The van der Waals surface area contributed by atoms with Crippen molar-refractivity contribution in [2.45, 2.75) is 45.8 Å². The van der Waals surface area contributed by atoms with Crippen LogP contribution in [0.4, 0.5) is 0 Å². The Bertz CT molecular complexity index is 576. The molecule has 144 valence electrons. The van der Waals surface area contributed by atoms with Gasteiger partial charge in [-0.3, -0.25) is 9.69 Å². The van der Waals surface area contributed by atoms with Crippen molar-refractivity contribution >= 4 is 5.91 Å². The monoisotopic (exact) mass is 359 g/mol. The zero-order valence-corrected chi connectivity index (χ0v) is 16.2. The van der Waals surface area contributed by atoms with Crippen LogP contribution in [0.15, 0.2) is 24.3 Å². The van der Waals surface area contributed by atoms with E-state index in [0.29, 0.717) is 19.6 Å². The molecule has 0 spiro atoms. The van der Waals surface area contributed by atoms with Gasteiger partial charge in [0.25, 0.3) is 0 Å². The fraction of sp³-hybridized carbons (Fsp3) is 0.667. The lowest BCUT2D eigenvalue weighted by atomic mass is 9.91. The van der Waals surface area contributed by atoms with Crippen LogP contribution in [0.25, 0.3) is 0 Å². The van der Waals surface area contributed by atoms with Gasteiger partial charge in [-0.25, -0.2) is 0 Å². The number of morpholine rings is 1. The van der Waals surface area contributed by atoms with Crippen molar-refractivity contribution < 1.29 is 9.53 Å². The van der Waals surface area contributed by atoms with E-state index in [0.717, 1.165) is 31.5 Å². The number of nitrogens with one attached hydrogen (secondary N) is 2. The molecule has 5 heteroatoms. The van der Waals surface area contributed by atoms with Gasteiger partial charge in [0.1, 0.15) is 0 Å². The van der Waals surface area contributed by atoms with E-state index in [1.807, 2.05) is 0 Å². The van der Waals surface area contributed by atoms with Crippen molar-refractivity contribution in [1.29, 1.82) is 0 Å². The fourth-order valence-electron chi connectivity index (χ4n) is 4.29. The van der Waals surface area contributed by atoms with E-state index in [1.165, 1.54) is 30.6 Å². The third-order valence-electron chi connectivity index (χ3n) is 5.36. The van der Waals surface area contributed by atoms with Crippen molar-refractivity contribution in [2.75, 3.05) is 32.8 Å². The van der Waals surface area contributed by atoms with Gasteiger partial charge in [0.2, 0.25) is 5.91 Å². The quantitative estimate of drug-likeness (QED) is 0.817. The molecule has 3 unspecified atom stereocenters. The van der Waals surface area contributed by atoms with E-state index in [9.17, 15) is 4.79 Å². The molecule has 0 saturated carbocycles. The number of likely N-dealkylation sites (tertiary alicyclic amines) is 1. The second-order valence-corrected chi connectivity index (χ2v) is 8.12. The van der Waals surface area contributed by atoms with Crippen LogP contribution >= 0.6 is 0 Å². The minimum absolute atomic E-state index is 0.0861. The molecule has 1 aromatic carbocycles. The van der Waals surface area contributed by atoms with E-state index in [4.69, 9.17) is 4.74 Å². The molecule has 5 nitrogen and oxygen atoms in total. The van der Waals surface area contributed by atoms with Gasteiger partial charge in [-0.15, -0.1) is 0 Å². The second-order valence-electron chi connectivity index (χ2n) is 8.12. The Morgan fingerprint density at radius 1 is 1.23 bits per heavy atom. The predicted molar refractivity (Wildman–Crippen MR) is 104 cm³/mol. The summed E-state index contributed by atoms with van der Waals surface area (Å²) in [5.74, 6) is 1.61. The van der Waals surface area contributed by atoms with Crippen molar-refractivity contribution in [1.82, 2.24) is 15.5 Å². The molecule has 2 fully saturated rings. The van der Waals surface area contributed by atoms with E-state index >= 15 is 0 Å². The molecule has 2 N–H and O–H groups in total. The van der Waals surface area contributed by atoms with Gasteiger partial charge in [-0.2, -0.15) is 0 Å². The van der Waals surface area contributed by atoms with Crippen LogP contribution in [0.2, 0.25) is 0 Å². The topological polar surface area (TPSA) is 53.6 Å². The molecule has 0 bridgehead atoms. The van der Waals surface area contributed by atoms with E-state index in [-0.39, 0.29) is 11.9 Å². The van der Waals surface area contributed by atoms with Crippen LogP contribution in [0, 0.1) is 11.8 Å². The highest BCUT2D eigenvalue weighted by Crippen LogP contribution is 2.23. The fourth-order valence-corrected chi connectivity index (χ4v) is 4.29. The number of rotatable bonds is 6. The summed E-state index contributed by atoms with van der Waals surface area (Å²) in [6.07, 6.45) is 1.80. The molecule has 2 saturated heterocycles. The Morgan fingerprint density at radius 2 is 1.96 bits per heavy atom. The minimum Gasteiger partial charge on any atom is -0.378 e. The number of carbonyl (C=O) groups is 1. The van der Waals surface area contributed by atoms with Gasteiger partial charge in [0.05, 0.1) is 13.2 Å². The summed E-state index contributed by atoms with van der Waals surface area (Å²) in [5.41, 5.74) is 2.55. The number of benzene rings is 1. The number of ether oxygens (including phenoxy) is 1. The lowest BCUT2D eigenvalue weighted by molar-refractivity contribution is -0.122. The Balaban J connectivity index is 1.52. The third kappa shape index (κ3) is 5.79. The number of hydrogen-bond donors (Lipinski definition) is 2. The molecular weight excluding hydrogens is 326 g/mol. The Morgan fingerprint density at radius 3 is 2.65 bits per heavy atom. The third-order valence-corrected chi connectivity index (χ3v) is 5.36. The molecule has 0 aromatic heterocycles. The lowest BCUT2D eigenvalue weighted by Crippen LogP contribution is -2.44. The highest BCUT2D eigenvalue weighted by molar-refractivity contribution is 5.76. The summed E-state index contributed by atoms with van der Waals surface area (Å²) in [4.78, 5) is 14.8. The molecule has 2 aliphatic rings. The van der Waals surface area contributed by atoms with Crippen LogP contribution in [0.1, 0.15) is 37.8 Å². The Hall–Kier alpha value is -1.43. The first-order valence-electron chi connectivity index (χ1n) is 9.97. The average Bonchev–Trinajstić information content (AvgIpc) is 2.61. The first kappa shape index (κ1) is 19.3. The number of piperidine rings is 1. The minimum atomic E-state index is 0.0861. The molecule has 26 heavy (non-hydrogen) atoms. The van der Waals surface area contributed by atoms with E-state index < -0.39 is 0 Å². The molecule has 1 aromatic rings. The molecule has 1 amide bonds. The van der Waals surface area contributed by atoms with Crippen molar-refractivity contribution in [3.8, 4) is 0 Å². The standard InChI is InChI=1S/C21H33N3O2/c1-16-9-17(2)13-24(12-16)14-19-6-4-3-5-18(19)11-23-21(25)10-20-15-26-8-7-22-20/h3-6,16-17,20,22H,7-15H2,1-2H3,(H,23,25). The molecule has 3 atom stereocenters. The summed E-state index contributed by atoms with van der Waals surface area (Å²) in [5, 5.41) is 6.42. The molecule has 3 rings (SSSR count). The van der Waals surface area contributed by atoms with Gasteiger partial charge in [0, 0.05) is 45.2 Å². The van der Waals surface area contributed by atoms with Gasteiger partial charge in [-0.05, 0) is 29.4 Å². The number of hydrogen-bond acceptors (Lipinski definition) is 4. The van der Waals surface area contributed by atoms with Gasteiger partial charge >= 0.3 is 0 Å². The van der Waals surface area contributed by atoms with Gasteiger partial charge in [-0.1, -0.05) is 38.1 Å². The van der Waals surface area contributed by atoms with E-state index in [1.54, 1.807) is 0 Å². The summed E-state index contributed by atoms with van der Waals surface area (Å²) >= 11 is 0. The molecule has 2 aliphatic heterocycles. The van der Waals surface area contributed by atoms with Crippen LogP contribution in [0.5, 0.6) is 0 Å². The van der Waals surface area contributed by atoms with Crippen molar-refractivity contribution in [3.63, 3.8) is 0 Å². The molecule has 2 heterocycles. The van der Waals surface area contributed by atoms with Crippen LogP contribution < -0.4 is 10.6 Å². The summed E-state index contributed by atoms with van der Waals surface area (Å²) in [6.45, 7) is 10.8. The van der Waals surface area contributed by atoms with Gasteiger partial charge < -0.3 is 15.4 Å². The zero-order chi connectivity index (χ0) is 18.4. The van der Waals surface area contributed by atoms with Crippen molar-refractivity contribution in [2.24, 2.45) is 11.8 Å². The normalized spacial score (nSPS) is 27.2. The number of carbonyl (C=O) groups excluding carboxylic acids is 1. The van der Waals surface area contributed by atoms with Crippen LogP contribution in [-0.2, 0) is 22.6 Å². The number of amides is 1. The summed E-state index contributed by atoms with van der Waals surface area (Å²) in [6, 6.07) is 8.62. The van der Waals surface area contributed by atoms with Crippen LogP contribution in [0.3, 0.4) is 0 Å². The number of nitrogens with zero attached hydrogens (tertiary/aromatic N) is 1. The maximum atomic E-state index is 12.3. The molecular formula is C21H33N3O2. The summed E-state index contributed by atoms with van der Waals surface area (Å²) < 4.78 is 5.42. The lowest BCUT2D eigenvalue weighted by Gasteiger charge is -2.35. The largest absolute Gasteiger partial charge is 0.378 e. The summed E-state index contributed by atoms with van der Waals surface area (Å²) in [7, 11) is 0. The highest BCUT2D eigenvalue weighted by atomic mass is 16.5. The molecule has 0 aliphatic carbocycles. The highest BCUT2D eigenvalue weighted by Gasteiger charge is 2.22. The maximum Gasteiger partial charge on any atom is 0.221 e.